The topological polar surface area (TPSA) is 43.5 Å². The van der Waals surface area contributed by atoms with E-state index in [-0.39, 0.29) is 17.6 Å². The van der Waals surface area contributed by atoms with Gasteiger partial charge in [-0.3, -0.25) is 0 Å². The molecule has 0 amide bonds. The van der Waals surface area contributed by atoms with Gasteiger partial charge in [0.25, 0.3) is 0 Å². The van der Waals surface area contributed by atoms with Gasteiger partial charge in [-0.05, 0) is 99.1 Å². The predicted molar refractivity (Wildman–Crippen MR) is 126 cm³/mol. The van der Waals surface area contributed by atoms with Gasteiger partial charge in [-0.15, -0.1) is 0 Å². The normalized spacial score (nSPS) is 20.5. The molecule has 2 fully saturated rings. The second-order valence-corrected chi connectivity index (χ2v) is 11.1. The number of hydrogen-bond acceptors (Lipinski definition) is 4. The number of ether oxygens (including phenoxy) is 4. The lowest BCUT2D eigenvalue weighted by molar-refractivity contribution is 0.260. The van der Waals surface area contributed by atoms with Crippen LogP contribution in [0.25, 0.3) is 0 Å². The van der Waals surface area contributed by atoms with Crippen LogP contribution in [0.2, 0.25) is 0 Å². The first-order valence-electron chi connectivity index (χ1n) is 9.23. The Bertz CT molecular complexity index is 803. The molecule has 2 heterocycles. The van der Waals surface area contributed by atoms with Crippen molar-refractivity contribution in [3.63, 3.8) is 0 Å². The molecule has 4 nitrogen and oxygen atoms in total. The lowest BCUT2D eigenvalue weighted by Crippen LogP contribution is -2.19. The Hall–Kier alpha value is -0.120. The monoisotopic (exact) mass is 652 g/mol. The van der Waals surface area contributed by atoms with E-state index in [0.29, 0.717) is 13.2 Å². The molecular formula is C21H20Br4O4. The molecule has 0 spiro atoms. The summed E-state index contributed by atoms with van der Waals surface area (Å²) in [6, 6.07) is 8.46. The van der Waals surface area contributed by atoms with Gasteiger partial charge in [0.05, 0.1) is 31.1 Å². The van der Waals surface area contributed by atoms with Crippen molar-refractivity contribution in [1.29, 1.82) is 0 Å². The molecule has 0 unspecified atom stereocenters. The molecule has 2 aromatic carbocycles. The van der Waals surface area contributed by atoms with Crippen LogP contribution < -0.4 is 9.47 Å². The van der Waals surface area contributed by atoms with Crippen molar-refractivity contribution in [2.75, 3.05) is 26.4 Å². The lowest BCUT2D eigenvalue weighted by Gasteiger charge is -2.28. The fourth-order valence-corrected chi connectivity index (χ4v) is 5.80. The number of hydrogen-bond donors (Lipinski definition) is 0. The molecule has 2 atom stereocenters. The van der Waals surface area contributed by atoms with E-state index in [0.717, 1.165) is 53.7 Å². The number of halogens is 4. The quantitative estimate of drug-likeness (QED) is 0.300. The molecule has 2 saturated heterocycles. The van der Waals surface area contributed by atoms with Gasteiger partial charge in [-0.2, -0.15) is 0 Å². The van der Waals surface area contributed by atoms with Crippen LogP contribution >= 0.6 is 63.7 Å². The summed E-state index contributed by atoms with van der Waals surface area (Å²) in [6.07, 6.45) is 0.429. The zero-order chi connectivity index (χ0) is 20.8. The molecule has 0 N–H and O–H groups in total. The van der Waals surface area contributed by atoms with Gasteiger partial charge in [0.1, 0.15) is 36.9 Å². The fourth-order valence-electron chi connectivity index (χ4n) is 2.97. The van der Waals surface area contributed by atoms with Crippen LogP contribution in [0, 0.1) is 0 Å². The summed E-state index contributed by atoms with van der Waals surface area (Å²) in [5, 5.41) is 0. The van der Waals surface area contributed by atoms with E-state index in [9.17, 15) is 0 Å². The van der Waals surface area contributed by atoms with E-state index in [4.69, 9.17) is 18.9 Å². The molecule has 0 radical (unpaired) electrons. The van der Waals surface area contributed by atoms with Crippen LogP contribution in [0.4, 0.5) is 0 Å². The minimum absolute atomic E-state index is 0.215. The highest BCUT2D eigenvalue weighted by atomic mass is 79.9. The third kappa shape index (κ3) is 5.21. The maximum absolute atomic E-state index is 5.91. The molecular weight excluding hydrogens is 636 g/mol. The molecule has 0 aromatic heterocycles. The summed E-state index contributed by atoms with van der Waals surface area (Å²) in [5.41, 5.74) is 2.07. The Morgan fingerprint density at radius 2 is 1.07 bits per heavy atom. The van der Waals surface area contributed by atoms with Crippen LogP contribution in [0.3, 0.4) is 0 Å². The summed E-state index contributed by atoms with van der Waals surface area (Å²) in [7, 11) is 0. The Morgan fingerprint density at radius 3 is 1.34 bits per heavy atom. The van der Waals surface area contributed by atoms with Crippen molar-refractivity contribution in [2.45, 2.75) is 31.5 Å². The van der Waals surface area contributed by atoms with Gasteiger partial charge >= 0.3 is 0 Å². The fraction of sp³-hybridized carbons (Fsp3) is 0.429. The molecule has 2 aliphatic rings. The van der Waals surface area contributed by atoms with Crippen LogP contribution in [-0.4, -0.2) is 38.6 Å². The minimum atomic E-state index is -0.244. The van der Waals surface area contributed by atoms with Crippen LogP contribution in [0.15, 0.2) is 42.2 Å². The second kappa shape index (κ2) is 8.79. The Labute approximate surface area is 204 Å². The summed E-state index contributed by atoms with van der Waals surface area (Å²) < 4.78 is 25.9. The molecule has 0 bridgehead atoms. The second-order valence-electron chi connectivity index (χ2n) is 7.70. The summed E-state index contributed by atoms with van der Waals surface area (Å²) in [5.74, 6) is 1.60. The summed E-state index contributed by atoms with van der Waals surface area (Å²) >= 11 is 14.7. The molecule has 29 heavy (non-hydrogen) atoms. The van der Waals surface area contributed by atoms with Crippen molar-refractivity contribution in [2.24, 2.45) is 0 Å². The molecule has 2 aliphatic heterocycles. The Kier molecular flexibility index (Phi) is 6.69. The number of epoxide rings is 2. The summed E-state index contributed by atoms with van der Waals surface area (Å²) in [6.45, 7) is 7.08. The average molecular weight is 656 g/mol. The van der Waals surface area contributed by atoms with Gasteiger partial charge in [-0.25, -0.2) is 0 Å². The van der Waals surface area contributed by atoms with Crippen LogP contribution in [0.1, 0.15) is 25.0 Å². The minimum Gasteiger partial charge on any atom is -0.488 e. The highest BCUT2D eigenvalue weighted by Gasteiger charge is 2.29. The molecule has 0 saturated carbocycles. The Morgan fingerprint density at radius 1 is 0.759 bits per heavy atom. The van der Waals surface area contributed by atoms with E-state index in [1.165, 1.54) is 0 Å². The van der Waals surface area contributed by atoms with E-state index < -0.39 is 0 Å². The van der Waals surface area contributed by atoms with Gasteiger partial charge in [0, 0.05) is 5.41 Å². The predicted octanol–water partition coefficient (Wildman–Crippen LogP) is 6.62. The van der Waals surface area contributed by atoms with Crippen molar-refractivity contribution in [1.82, 2.24) is 0 Å². The maximum atomic E-state index is 5.91. The zero-order valence-electron chi connectivity index (χ0n) is 15.9. The SMILES string of the molecule is CC(C)(c1cc(Br)c(OC[C@@H]2CO2)c(Br)c1)c1cc(Br)c(OC[C@@H]2CO2)c(Br)c1. The number of benzene rings is 2. The molecule has 2 aromatic rings. The third-order valence-electron chi connectivity index (χ3n) is 5.07. The van der Waals surface area contributed by atoms with Crippen molar-refractivity contribution in [3.8, 4) is 11.5 Å². The first-order chi connectivity index (χ1) is 13.8. The molecule has 8 heteroatoms. The largest absolute Gasteiger partial charge is 0.488 e. The highest BCUT2D eigenvalue weighted by Crippen LogP contribution is 2.44. The standard InChI is InChI=1S/C21H20Br4O4/c1-21(2,11-3-15(22)19(16(23)4-11)28-9-13-7-26-13)12-5-17(24)20(18(25)6-12)29-10-14-8-27-14/h3-6,13-14H,7-10H2,1-2H3/t13-,14-/m0/s1. The van der Waals surface area contributed by atoms with Crippen molar-refractivity contribution < 1.29 is 18.9 Å². The average Bonchev–Trinajstić information content (AvgIpc) is 3.54. The first kappa shape index (κ1) is 22.1. The smallest absolute Gasteiger partial charge is 0.147 e. The lowest BCUT2D eigenvalue weighted by atomic mass is 9.78. The van der Waals surface area contributed by atoms with E-state index in [1.54, 1.807) is 0 Å². The van der Waals surface area contributed by atoms with E-state index in [2.05, 4.69) is 102 Å². The van der Waals surface area contributed by atoms with Gasteiger partial charge < -0.3 is 18.9 Å². The van der Waals surface area contributed by atoms with Crippen molar-refractivity contribution in [3.05, 3.63) is 53.3 Å². The highest BCUT2D eigenvalue weighted by molar-refractivity contribution is 9.11. The molecule has 0 aliphatic carbocycles. The zero-order valence-corrected chi connectivity index (χ0v) is 22.3. The van der Waals surface area contributed by atoms with Crippen LogP contribution in [0.5, 0.6) is 11.5 Å². The third-order valence-corrected chi connectivity index (χ3v) is 7.43. The maximum Gasteiger partial charge on any atom is 0.147 e. The molecule has 156 valence electrons. The number of rotatable bonds is 8. The molecule has 4 rings (SSSR count). The summed E-state index contributed by atoms with van der Waals surface area (Å²) in [4.78, 5) is 0. The van der Waals surface area contributed by atoms with E-state index in [1.807, 2.05) is 0 Å². The first-order valence-corrected chi connectivity index (χ1v) is 12.4. The van der Waals surface area contributed by atoms with E-state index >= 15 is 0 Å². The van der Waals surface area contributed by atoms with Crippen molar-refractivity contribution >= 4 is 63.7 Å². The van der Waals surface area contributed by atoms with Gasteiger partial charge in [-0.1, -0.05) is 13.8 Å². The van der Waals surface area contributed by atoms with Gasteiger partial charge in [0.15, 0.2) is 0 Å². The van der Waals surface area contributed by atoms with Crippen LogP contribution in [-0.2, 0) is 14.9 Å². The Balaban J connectivity index is 1.59. The van der Waals surface area contributed by atoms with Gasteiger partial charge in [0.2, 0.25) is 0 Å².